The van der Waals surface area contributed by atoms with E-state index in [1.165, 1.54) is 0 Å². The van der Waals surface area contributed by atoms with Crippen LogP contribution in [0.25, 0.3) is 0 Å². The van der Waals surface area contributed by atoms with E-state index in [4.69, 9.17) is 0 Å². The van der Waals surface area contributed by atoms with Gasteiger partial charge in [0, 0.05) is 13.0 Å². The Hall–Kier alpha value is -0.580. The van der Waals surface area contributed by atoms with E-state index in [1.807, 2.05) is 6.92 Å². The first-order chi connectivity index (χ1) is 7.03. The minimum Gasteiger partial charge on any atom is -0.356 e. The van der Waals surface area contributed by atoms with Crippen LogP contribution in [0.15, 0.2) is 0 Å². The smallest absolute Gasteiger partial charge is 0.220 e. The Morgan fingerprint density at radius 3 is 2.80 bits per heavy atom. The van der Waals surface area contributed by atoms with Gasteiger partial charge in [0.2, 0.25) is 5.91 Å². The maximum absolute atomic E-state index is 11.4. The lowest BCUT2D eigenvalue weighted by Gasteiger charge is -2.21. The second-order valence-electron chi connectivity index (χ2n) is 4.18. The van der Waals surface area contributed by atoms with E-state index < -0.39 is 9.84 Å². The summed E-state index contributed by atoms with van der Waals surface area (Å²) in [6.45, 7) is 2.67. The summed E-state index contributed by atoms with van der Waals surface area (Å²) in [7, 11) is -2.88. The van der Waals surface area contributed by atoms with Crippen molar-refractivity contribution in [2.24, 2.45) is 5.92 Å². The average Bonchev–Trinajstić information content (AvgIpc) is 2.13. The highest BCUT2D eigenvalue weighted by molar-refractivity contribution is 7.91. The molecule has 0 saturated carbocycles. The number of rotatable bonds is 4. The third kappa shape index (κ3) is 4.64. The maximum Gasteiger partial charge on any atom is 0.220 e. The molecule has 5 heteroatoms. The van der Waals surface area contributed by atoms with Crippen molar-refractivity contribution in [3.63, 3.8) is 0 Å². The predicted molar refractivity (Wildman–Crippen MR) is 59.3 cm³/mol. The van der Waals surface area contributed by atoms with Crippen LogP contribution in [0.4, 0.5) is 0 Å². The summed E-state index contributed by atoms with van der Waals surface area (Å²) < 4.78 is 22.6. The molecule has 1 unspecified atom stereocenters. The van der Waals surface area contributed by atoms with Gasteiger partial charge >= 0.3 is 0 Å². The van der Waals surface area contributed by atoms with Crippen molar-refractivity contribution >= 4 is 15.7 Å². The lowest BCUT2D eigenvalue weighted by Crippen LogP contribution is -2.31. The molecule has 1 aliphatic heterocycles. The number of amides is 1. The van der Waals surface area contributed by atoms with E-state index >= 15 is 0 Å². The Balaban J connectivity index is 2.35. The monoisotopic (exact) mass is 233 g/mol. The van der Waals surface area contributed by atoms with Gasteiger partial charge in [-0.15, -0.1) is 0 Å². The molecule has 1 heterocycles. The minimum atomic E-state index is -2.88. The molecule has 0 aromatic rings. The molecule has 1 saturated heterocycles. The third-order valence-electron chi connectivity index (χ3n) is 2.60. The molecule has 0 spiro atoms. The van der Waals surface area contributed by atoms with Crippen molar-refractivity contribution in [1.82, 2.24) is 5.32 Å². The topological polar surface area (TPSA) is 63.2 Å². The highest BCUT2D eigenvalue weighted by Crippen LogP contribution is 2.20. The summed E-state index contributed by atoms with van der Waals surface area (Å²) in [6.07, 6.45) is 2.83. The predicted octanol–water partition coefficient (Wildman–Crippen LogP) is 0.728. The van der Waals surface area contributed by atoms with Crippen molar-refractivity contribution in [2.45, 2.75) is 32.6 Å². The van der Waals surface area contributed by atoms with Crippen molar-refractivity contribution in [2.75, 3.05) is 18.1 Å². The molecule has 1 atom stereocenters. The van der Waals surface area contributed by atoms with Crippen LogP contribution in [0.5, 0.6) is 0 Å². The summed E-state index contributed by atoms with van der Waals surface area (Å²) in [6, 6.07) is 0. The fourth-order valence-corrected chi connectivity index (χ4v) is 3.65. The minimum absolute atomic E-state index is 0.0149. The summed E-state index contributed by atoms with van der Waals surface area (Å²) in [5.74, 6) is 0.492. The standard InChI is InChI=1S/C10H19NO3S/c1-2-5-11-10(12)7-9-4-3-6-15(13,14)8-9/h9H,2-8H2,1H3,(H,11,12). The SMILES string of the molecule is CCCNC(=O)CC1CCCS(=O)(=O)C1. The van der Waals surface area contributed by atoms with Crippen molar-refractivity contribution in [3.8, 4) is 0 Å². The van der Waals surface area contributed by atoms with Gasteiger partial charge in [-0.25, -0.2) is 8.42 Å². The molecule has 0 aromatic carbocycles. The van der Waals surface area contributed by atoms with Crippen molar-refractivity contribution in [3.05, 3.63) is 0 Å². The van der Waals surface area contributed by atoms with Gasteiger partial charge in [-0.2, -0.15) is 0 Å². The van der Waals surface area contributed by atoms with E-state index in [0.29, 0.717) is 25.1 Å². The van der Waals surface area contributed by atoms with Crippen LogP contribution < -0.4 is 5.32 Å². The number of nitrogens with one attached hydrogen (secondary N) is 1. The second kappa shape index (κ2) is 5.49. The van der Waals surface area contributed by atoms with Crippen LogP contribution in [0.1, 0.15) is 32.6 Å². The molecule has 0 radical (unpaired) electrons. The van der Waals surface area contributed by atoms with Crippen LogP contribution in [-0.4, -0.2) is 32.4 Å². The molecular weight excluding hydrogens is 214 g/mol. The number of sulfone groups is 1. The van der Waals surface area contributed by atoms with Crippen LogP contribution in [0.3, 0.4) is 0 Å². The second-order valence-corrected chi connectivity index (χ2v) is 6.41. The maximum atomic E-state index is 11.4. The number of hydrogen-bond acceptors (Lipinski definition) is 3. The molecule has 15 heavy (non-hydrogen) atoms. The Bertz CT molecular complexity index is 311. The van der Waals surface area contributed by atoms with Crippen LogP contribution in [-0.2, 0) is 14.6 Å². The first kappa shape index (κ1) is 12.5. The fourth-order valence-electron chi connectivity index (χ4n) is 1.88. The molecule has 0 bridgehead atoms. The van der Waals surface area contributed by atoms with Crippen molar-refractivity contribution < 1.29 is 13.2 Å². The molecule has 1 aliphatic rings. The lowest BCUT2D eigenvalue weighted by atomic mass is 10.0. The number of carbonyl (C=O) groups excluding carboxylic acids is 1. The Morgan fingerprint density at radius 2 is 2.20 bits per heavy atom. The van der Waals surface area contributed by atoms with Gasteiger partial charge in [0.05, 0.1) is 11.5 Å². The molecule has 88 valence electrons. The van der Waals surface area contributed by atoms with Gasteiger partial charge in [0.25, 0.3) is 0 Å². The van der Waals surface area contributed by atoms with Gasteiger partial charge in [-0.05, 0) is 25.2 Å². The first-order valence-corrected chi connectivity index (χ1v) is 7.33. The van der Waals surface area contributed by atoms with Gasteiger partial charge in [0.15, 0.2) is 9.84 Å². The molecule has 1 N–H and O–H groups in total. The zero-order chi connectivity index (χ0) is 11.3. The number of hydrogen-bond donors (Lipinski definition) is 1. The van der Waals surface area contributed by atoms with E-state index in [1.54, 1.807) is 0 Å². The van der Waals surface area contributed by atoms with Gasteiger partial charge in [0.1, 0.15) is 0 Å². The summed E-state index contributed by atoms with van der Waals surface area (Å²) in [4.78, 5) is 11.4. The Labute approximate surface area is 91.4 Å². The Kier molecular flexibility index (Phi) is 4.57. The van der Waals surface area contributed by atoms with E-state index in [0.717, 1.165) is 12.8 Å². The van der Waals surface area contributed by atoms with Crippen LogP contribution in [0.2, 0.25) is 0 Å². The molecule has 0 aliphatic carbocycles. The summed E-state index contributed by atoms with van der Waals surface area (Å²) in [5.41, 5.74) is 0. The lowest BCUT2D eigenvalue weighted by molar-refractivity contribution is -0.121. The molecule has 1 fully saturated rings. The summed E-state index contributed by atoms with van der Waals surface area (Å²) >= 11 is 0. The third-order valence-corrected chi connectivity index (χ3v) is 4.49. The molecule has 1 rings (SSSR count). The molecule has 0 aromatic heterocycles. The van der Waals surface area contributed by atoms with E-state index in [2.05, 4.69) is 5.32 Å². The highest BCUT2D eigenvalue weighted by atomic mass is 32.2. The highest BCUT2D eigenvalue weighted by Gasteiger charge is 2.26. The zero-order valence-electron chi connectivity index (χ0n) is 9.16. The van der Waals surface area contributed by atoms with Crippen molar-refractivity contribution in [1.29, 1.82) is 0 Å². The molecule has 4 nitrogen and oxygen atoms in total. The first-order valence-electron chi connectivity index (χ1n) is 5.50. The Morgan fingerprint density at radius 1 is 1.47 bits per heavy atom. The average molecular weight is 233 g/mol. The summed E-state index contributed by atoms with van der Waals surface area (Å²) in [5, 5.41) is 2.77. The molecule has 1 amide bonds. The normalized spacial score (nSPS) is 24.7. The quantitative estimate of drug-likeness (QED) is 0.778. The van der Waals surface area contributed by atoms with E-state index in [9.17, 15) is 13.2 Å². The van der Waals surface area contributed by atoms with Crippen LogP contribution >= 0.6 is 0 Å². The van der Waals surface area contributed by atoms with E-state index in [-0.39, 0.29) is 17.6 Å². The van der Waals surface area contributed by atoms with Gasteiger partial charge in [-0.1, -0.05) is 6.92 Å². The molecular formula is C10H19NO3S. The van der Waals surface area contributed by atoms with Crippen LogP contribution in [0, 0.1) is 5.92 Å². The number of carbonyl (C=O) groups is 1. The largest absolute Gasteiger partial charge is 0.356 e. The van der Waals surface area contributed by atoms with Gasteiger partial charge < -0.3 is 5.32 Å². The fraction of sp³-hybridized carbons (Fsp3) is 0.900. The zero-order valence-corrected chi connectivity index (χ0v) is 9.98. The van der Waals surface area contributed by atoms with Gasteiger partial charge in [-0.3, -0.25) is 4.79 Å².